The Morgan fingerprint density at radius 3 is 2.74 bits per heavy atom. The first-order valence-corrected chi connectivity index (χ1v) is 8.04. The second-order valence-corrected chi connectivity index (χ2v) is 6.00. The molecule has 2 aromatic heterocycles. The molecule has 1 fully saturated rings. The monoisotopic (exact) mass is 320 g/mol. The molecule has 3 heterocycles. The van der Waals surface area contributed by atoms with Gasteiger partial charge in [0.2, 0.25) is 5.89 Å². The number of aliphatic hydroxyl groups excluding tert-OH is 1. The summed E-state index contributed by atoms with van der Waals surface area (Å²) in [7, 11) is 0. The molecule has 8 nitrogen and oxygen atoms in total. The van der Waals surface area contributed by atoms with E-state index in [4.69, 9.17) is 9.63 Å². The van der Waals surface area contributed by atoms with Gasteiger partial charge >= 0.3 is 0 Å². The SMILES string of the molecule is Cc1noc([C@H](C)N2CCN(Cc3cnn(CCO)c3)CC2)n1. The van der Waals surface area contributed by atoms with E-state index >= 15 is 0 Å². The lowest BCUT2D eigenvalue weighted by atomic mass is 10.2. The average molecular weight is 320 g/mol. The maximum Gasteiger partial charge on any atom is 0.243 e. The molecule has 1 N–H and O–H groups in total. The van der Waals surface area contributed by atoms with Gasteiger partial charge in [-0.25, -0.2) is 0 Å². The molecule has 2 aromatic rings. The normalized spacial score (nSPS) is 18.4. The van der Waals surface area contributed by atoms with Crippen LogP contribution in [0.25, 0.3) is 0 Å². The zero-order valence-corrected chi connectivity index (χ0v) is 13.7. The van der Waals surface area contributed by atoms with Crippen molar-refractivity contribution in [2.24, 2.45) is 0 Å². The van der Waals surface area contributed by atoms with E-state index < -0.39 is 0 Å². The number of nitrogens with zero attached hydrogens (tertiary/aromatic N) is 6. The predicted molar refractivity (Wildman–Crippen MR) is 83.6 cm³/mol. The largest absolute Gasteiger partial charge is 0.394 e. The van der Waals surface area contributed by atoms with Crippen LogP contribution in [-0.4, -0.2) is 67.6 Å². The Morgan fingerprint density at radius 1 is 1.30 bits per heavy atom. The van der Waals surface area contributed by atoms with Gasteiger partial charge in [0.05, 0.1) is 25.4 Å². The summed E-state index contributed by atoms with van der Waals surface area (Å²) in [6.07, 6.45) is 3.89. The van der Waals surface area contributed by atoms with Crippen molar-refractivity contribution in [1.29, 1.82) is 0 Å². The molecule has 0 aromatic carbocycles. The standard InChI is InChI=1S/C15H24N6O2/c1-12(15-17-13(2)18-23-15)20-5-3-19(4-6-20)10-14-9-16-21(11-14)7-8-22/h9,11-12,22H,3-8,10H2,1-2H3/t12-/m0/s1. The molecule has 1 aliphatic heterocycles. The van der Waals surface area contributed by atoms with Crippen LogP contribution in [-0.2, 0) is 13.1 Å². The van der Waals surface area contributed by atoms with Crippen molar-refractivity contribution in [2.75, 3.05) is 32.8 Å². The first kappa shape index (κ1) is 16.1. The highest BCUT2D eigenvalue weighted by molar-refractivity contribution is 5.04. The molecule has 1 atom stereocenters. The van der Waals surface area contributed by atoms with Crippen LogP contribution in [0, 0.1) is 6.92 Å². The van der Waals surface area contributed by atoms with Crippen LogP contribution in [0.3, 0.4) is 0 Å². The molecule has 0 aliphatic carbocycles. The highest BCUT2D eigenvalue weighted by atomic mass is 16.5. The van der Waals surface area contributed by atoms with Crippen LogP contribution in [0.1, 0.15) is 30.2 Å². The molecule has 0 spiro atoms. The van der Waals surface area contributed by atoms with Gasteiger partial charge in [0.25, 0.3) is 0 Å². The number of piperazine rings is 1. The predicted octanol–water partition coefficient (Wildman–Crippen LogP) is 0.446. The number of aryl methyl sites for hydroxylation is 1. The molecule has 0 radical (unpaired) electrons. The van der Waals surface area contributed by atoms with E-state index in [1.54, 1.807) is 4.68 Å². The zero-order chi connectivity index (χ0) is 16.2. The van der Waals surface area contributed by atoms with Crippen LogP contribution in [0.15, 0.2) is 16.9 Å². The molecule has 0 bridgehead atoms. The second-order valence-electron chi connectivity index (χ2n) is 6.00. The molecule has 0 unspecified atom stereocenters. The Hall–Kier alpha value is -1.77. The van der Waals surface area contributed by atoms with E-state index in [2.05, 4.69) is 32.0 Å². The number of hydrogen-bond donors (Lipinski definition) is 1. The number of aliphatic hydroxyl groups is 1. The minimum atomic E-state index is 0.118. The highest BCUT2D eigenvalue weighted by Gasteiger charge is 2.25. The zero-order valence-electron chi connectivity index (χ0n) is 13.7. The summed E-state index contributed by atoms with van der Waals surface area (Å²) in [5.74, 6) is 1.38. The first-order chi connectivity index (χ1) is 11.2. The van der Waals surface area contributed by atoms with Gasteiger partial charge in [0, 0.05) is 44.5 Å². The molecule has 1 aliphatic rings. The Bertz CT molecular complexity index is 617. The molecule has 0 saturated carbocycles. The number of hydrogen-bond acceptors (Lipinski definition) is 7. The topological polar surface area (TPSA) is 83.5 Å². The van der Waals surface area contributed by atoms with Crippen molar-refractivity contribution in [3.8, 4) is 0 Å². The van der Waals surface area contributed by atoms with E-state index in [0.717, 1.165) is 32.7 Å². The van der Waals surface area contributed by atoms with Crippen LogP contribution < -0.4 is 0 Å². The smallest absolute Gasteiger partial charge is 0.243 e. The lowest BCUT2D eigenvalue weighted by molar-refractivity contribution is 0.0845. The highest BCUT2D eigenvalue weighted by Crippen LogP contribution is 2.20. The van der Waals surface area contributed by atoms with Gasteiger partial charge in [-0.05, 0) is 13.8 Å². The quantitative estimate of drug-likeness (QED) is 0.827. The molecule has 3 rings (SSSR count). The average Bonchev–Trinajstić information content (AvgIpc) is 3.17. The third kappa shape index (κ3) is 3.95. The van der Waals surface area contributed by atoms with E-state index in [-0.39, 0.29) is 12.6 Å². The van der Waals surface area contributed by atoms with E-state index in [1.807, 2.05) is 19.3 Å². The maximum atomic E-state index is 8.93. The van der Waals surface area contributed by atoms with Gasteiger partial charge in [-0.15, -0.1) is 0 Å². The maximum absolute atomic E-state index is 8.93. The molecule has 1 saturated heterocycles. The Kier molecular flexibility index (Phi) is 5.04. The molecule has 8 heteroatoms. The molecule has 23 heavy (non-hydrogen) atoms. The van der Waals surface area contributed by atoms with Gasteiger partial charge in [0.1, 0.15) is 0 Å². The minimum Gasteiger partial charge on any atom is -0.394 e. The summed E-state index contributed by atoms with van der Waals surface area (Å²) in [6, 6.07) is 0.158. The lowest BCUT2D eigenvalue weighted by Gasteiger charge is -2.36. The Balaban J connectivity index is 1.49. The Morgan fingerprint density at radius 2 is 2.09 bits per heavy atom. The Labute approximate surface area is 135 Å². The third-order valence-electron chi connectivity index (χ3n) is 4.28. The van der Waals surface area contributed by atoms with Gasteiger partial charge in [0.15, 0.2) is 5.82 Å². The van der Waals surface area contributed by atoms with Crippen molar-refractivity contribution < 1.29 is 9.63 Å². The van der Waals surface area contributed by atoms with Crippen LogP contribution in [0.5, 0.6) is 0 Å². The number of aromatic nitrogens is 4. The van der Waals surface area contributed by atoms with Crippen LogP contribution in [0.4, 0.5) is 0 Å². The van der Waals surface area contributed by atoms with Crippen LogP contribution >= 0.6 is 0 Å². The summed E-state index contributed by atoms with van der Waals surface area (Å²) in [5.41, 5.74) is 1.19. The second kappa shape index (κ2) is 7.20. The van der Waals surface area contributed by atoms with E-state index in [9.17, 15) is 0 Å². The van der Waals surface area contributed by atoms with E-state index in [0.29, 0.717) is 18.3 Å². The summed E-state index contributed by atoms with van der Waals surface area (Å²) >= 11 is 0. The summed E-state index contributed by atoms with van der Waals surface area (Å²) < 4.78 is 7.06. The van der Waals surface area contributed by atoms with Crippen molar-refractivity contribution in [2.45, 2.75) is 33.0 Å². The molecule has 0 amide bonds. The van der Waals surface area contributed by atoms with Gasteiger partial charge in [-0.1, -0.05) is 5.16 Å². The van der Waals surface area contributed by atoms with Crippen LogP contribution in [0.2, 0.25) is 0 Å². The summed E-state index contributed by atoms with van der Waals surface area (Å²) in [6.45, 7) is 9.48. The van der Waals surface area contributed by atoms with Gasteiger partial charge in [-0.3, -0.25) is 14.5 Å². The van der Waals surface area contributed by atoms with Crippen molar-refractivity contribution in [1.82, 2.24) is 29.7 Å². The minimum absolute atomic E-state index is 0.118. The lowest BCUT2D eigenvalue weighted by Crippen LogP contribution is -2.46. The summed E-state index contributed by atoms with van der Waals surface area (Å²) in [5, 5.41) is 17.1. The fourth-order valence-electron chi connectivity index (χ4n) is 2.92. The van der Waals surface area contributed by atoms with Crippen molar-refractivity contribution in [3.05, 3.63) is 29.7 Å². The fourth-order valence-corrected chi connectivity index (χ4v) is 2.92. The summed E-state index contributed by atoms with van der Waals surface area (Å²) in [4.78, 5) is 9.12. The van der Waals surface area contributed by atoms with Crippen molar-refractivity contribution in [3.63, 3.8) is 0 Å². The third-order valence-corrected chi connectivity index (χ3v) is 4.28. The molecular weight excluding hydrogens is 296 g/mol. The first-order valence-electron chi connectivity index (χ1n) is 8.04. The fraction of sp³-hybridized carbons (Fsp3) is 0.667. The van der Waals surface area contributed by atoms with Crippen molar-refractivity contribution >= 4 is 0 Å². The van der Waals surface area contributed by atoms with Gasteiger partial charge < -0.3 is 9.63 Å². The van der Waals surface area contributed by atoms with E-state index in [1.165, 1.54) is 5.56 Å². The van der Waals surface area contributed by atoms with Gasteiger partial charge in [-0.2, -0.15) is 10.1 Å². The molecular formula is C15H24N6O2. The molecule has 126 valence electrons. The number of rotatable bonds is 6.